The van der Waals surface area contributed by atoms with Crippen LogP contribution in [0.15, 0.2) is 66.4 Å². The number of carbonyl (C=O) groups is 1. The number of benzene rings is 2. The van der Waals surface area contributed by atoms with Gasteiger partial charge in [0.2, 0.25) is 0 Å². The highest BCUT2D eigenvalue weighted by atomic mass is 16.6. The van der Waals surface area contributed by atoms with Gasteiger partial charge in [0.1, 0.15) is 17.3 Å². The second-order valence-corrected chi connectivity index (χ2v) is 5.20. The summed E-state index contributed by atoms with van der Waals surface area (Å²) in [7, 11) is 0. The standard InChI is InChI=1S/C18H16N4O3/c1-13(14-7-3-2-4-8-14)20-12-15(11-19)18(23)21-16-9-5-6-10-17(16)22(24)25/h2-10,12-13,20H,1H3,(H,21,23)/b15-12-. The van der Waals surface area contributed by atoms with Crippen molar-refractivity contribution >= 4 is 17.3 Å². The lowest BCUT2D eigenvalue weighted by atomic mass is 10.1. The van der Waals surface area contributed by atoms with Gasteiger partial charge in [-0.15, -0.1) is 0 Å². The molecule has 0 bridgehead atoms. The van der Waals surface area contributed by atoms with E-state index >= 15 is 0 Å². The van der Waals surface area contributed by atoms with Crippen LogP contribution in [-0.2, 0) is 4.79 Å². The van der Waals surface area contributed by atoms with Gasteiger partial charge in [-0.2, -0.15) is 5.26 Å². The molecule has 126 valence electrons. The maximum atomic E-state index is 12.2. The first-order valence-corrected chi connectivity index (χ1v) is 7.49. The highest BCUT2D eigenvalue weighted by Crippen LogP contribution is 2.23. The number of anilines is 1. The smallest absolute Gasteiger partial charge is 0.292 e. The zero-order valence-electron chi connectivity index (χ0n) is 13.5. The van der Waals surface area contributed by atoms with Crippen LogP contribution in [0.3, 0.4) is 0 Å². The van der Waals surface area contributed by atoms with Crippen LogP contribution in [0.4, 0.5) is 11.4 Å². The monoisotopic (exact) mass is 336 g/mol. The van der Waals surface area contributed by atoms with Gasteiger partial charge in [-0.1, -0.05) is 42.5 Å². The number of nitro benzene ring substituents is 1. The third-order valence-electron chi connectivity index (χ3n) is 3.49. The fourth-order valence-electron chi connectivity index (χ4n) is 2.12. The lowest BCUT2D eigenvalue weighted by Gasteiger charge is -2.12. The molecule has 1 unspecified atom stereocenters. The molecule has 0 fully saturated rings. The van der Waals surface area contributed by atoms with E-state index in [1.165, 1.54) is 24.4 Å². The third-order valence-corrected chi connectivity index (χ3v) is 3.49. The number of rotatable bonds is 6. The van der Waals surface area contributed by atoms with Crippen LogP contribution in [0, 0.1) is 21.4 Å². The summed E-state index contributed by atoms with van der Waals surface area (Å²) >= 11 is 0. The van der Waals surface area contributed by atoms with Gasteiger partial charge >= 0.3 is 0 Å². The van der Waals surface area contributed by atoms with E-state index in [9.17, 15) is 20.2 Å². The van der Waals surface area contributed by atoms with Crippen LogP contribution < -0.4 is 10.6 Å². The SMILES string of the molecule is CC(N/C=C(/C#N)C(=O)Nc1ccccc1[N+](=O)[O-])c1ccccc1. The maximum absolute atomic E-state index is 12.2. The summed E-state index contributed by atoms with van der Waals surface area (Å²) in [6.45, 7) is 1.89. The summed E-state index contributed by atoms with van der Waals surface area (Å²) in [6, 6.07) is 17.0. The Morgan fingerprint density at radius 1 is 1.20 bits per heavy atom. The van der Waals surface area contributed by atoms with E-state index in [0.717, 1.165) is 5.56 Å². The fraction of sp³-hybridized carbons (Fsp3) is 0.111. The molecule has 0 aromatic heterocycles. The number of hydrogen-bond donors (Lipinski definition) is 2. The maximum Gasteiger partial charge on any atom is 0.292 e. The van der Waals surface area contributed by atoms with Crippen molar-refractivity contribution in [3.63, 3.8) is 0 Å². The molecule has 0 spiro atoms. The van der Waals surface area contributed by atoms with Gasteiger partial charge in [0.05, 0.1) is 4.92 Å². The number of carbonyl (C=O) groups excluding carboxylic acids is 1. The minimum atomic E-state index is -0.718. The quantitative estimate of drug-likeness (QED) is 0.364. The molecule has 0 radical (unpaired) electrons. The molecule has 2 aromatic rings. The van der Waals surface area contributed by atoms with Gasteiger partial charge in [-0.25, -0.2) is 0 Å². The lowest BCUT2D eigenvalue weighted by Crippen LogP contribution is -2.19. The van der Waals surface area contributed by atoms with Crippen molar-refractivity contribution in [3.05, 3.63) is 82.0 Å². The van der Waals surface area contributed by atoms with Crippen LogP contribution in [-0.4, -0.2) is 10.8 Å². The second kappa shape index (κ2) is 8.26. The van der Waals surface area contributed by atoms with E-state index in [-0.39, 0.29) is 23.0 Å². The highest BCUT2D eigenvalue weighted by molar-refractivity contribution is 6.07. The average Bonchev–Trinajstić information content (AvgIpc) is 2.63. The molecule has 1 atom stereocenters. The van der Waals surface area contributed by atoms with E-state index < -0.39 is 10.8 Å². The Morgan fingerprint density at radius 2 is 1.84 bits per heavy atom. The molecule has 0 saturated carbocycles. The Kier molecular flexibility index (Phi) is 5.85. The molecule has 0 heterocycles. The van der Waals surface area contributed by atoms with Crippen LogP contribution in [0.5, 0.6) is 0 Å². The zero-order valence-corrected chi connectivity index (χ0v) is 13.5. The van der Waals surface area contributed by atoms with E-state index in [1.54, 1.807) is 12.1 Å². The van der Waals surface area contributed by atoms with Crippen molar-refractivity contribution in [2.24, 2.45) is 0 Å². The Morgan fingerprint density at radius 3 is 2.48 bits per heavy atom. The summed E-state index contributed by atoms with van der Waals surface area (Å²) in [5.41, 5.74) is 0.615. The zero-order chi connectivity index (χ0) is 18.2. The molecular weight excluding hydrogens is 320 g/mol. The Balaban J connectivity index is 2.11. The number of nitro groups is 1. The summed E-state index contributed by atoms with van der Waals surface area (Å²) in [5.74, 6) is -0.718. The largest absolute Gasteiger partial charge is 0.383 e. The van der Waals surface area contributed by atoms with Crippen molar-refractivity contribution in [2.45, 2.75) is 13.0 Å². The molecule has 0 aliphatic heterocycles. The molecule has 25 heavy (non-hydrogen) atoms. The van der Waals surface area contributed by atoms with Crippen LogP contribution in [0.25, 0.3) is 0 Å². The van der Waals surface area contributed by atoms with Crippen LogP contribution in [0.1, 0.15) is 18.5 Å². The van der Waals surface area contributed by atoms with Gasteiger partial charge in [0.25, 0.3) is 11.6 Å². The topological polar surface area (TPSA) is 108 Å². The summed E-state index contributed by atoms with van der Waals surface area (Å²) in [5, 5.41) is 25.5. The van der Waals surface area contributed by atoms with Gasteiger partial charge in [-0.3, -0.25) is 14.9 Å². The van der Waals surface area contributed by atoms with E-state index in [4.69, 9.17) is 0 Å². The number of nitrogens with one attached hydrogen (secondary N) is 2. The molecule has 1 amide bonds. The average molecular weight is 336 g/mol. The summed E-state index contributed by atoms with van der Waals surface area (Å²) < 4.78 is 0. The second-order valence-electron chi connectivity index (χ2n) is 5.20. The first-order valence-electron chi connectivity index (χ1n) is 7.49. The Labute approximate surface area is 144 Å². The number of para-hydroxylation sites is 2. The molecule has 7 heteroatoms. The number of hydrogen-bond acceptors (Lipinski definition) is 5. The highest BCUT2D eigenvalue weighted by Gasteiger charge is 2.17. The Bertz CT molecular complexity index is 841. The molecule has 0 aliphatic carbocycles. The normalized spacial score (nSPS) is 11.9. The van der Waals surface area contributed by atoms with Gasteiger partial charge in [0.15, 0.2) is 0 Å². The number of amides is 1. The van der Waals surface area contributed by atoms with Crippen molar-refractivity contribution in [1.82, 2.24) is 5.32 Å². The van der Waals surface area contributed by atoms with E-state index in [1.807, 2.05) is 37.3 Å². The molecule has 2 rings (SSSR count). The molecular formula is C18H16N4O3. The third kappa shape index (κ3) is 4.65. The van der Waals surface area contributed by atoms with Gasteiger partial charge < -0.3 is 10.6 Å². The van der Waals surface area contributed by atoms with Crippen LogP contribution in [0.2, 0.25) is 0 Å². The van der Waals surface area contributed by atoms with E-state index in [2.05, 4.69) is 10.6 Å². The van der Waals surface area contributed by atoms with Crippen LogP contribution >= 0.6 is 0 Å². The van der Waals surface area contributed by atoms with Gasteiger partial charge in [0, 0.05) is 18.3 Å². The predicted molar refractivity (Wildman–Crippen MR) is 93.4 cm³/mol. The predicted octanol–water partition coefficient (Wildman–Crippen LogP) is 3.29. The molecule has 0 aliphatic rings. The fourth-order valence-corrected chi connectivity index (χ4v) is 2.12. The molecule has 2 aromatic carbocycles. The van der Waals surface area contributed by atoms with Crippen molar-refractivity contribution in [2.75, 3.05) is 5.32 Å². The first-order chi connectivity index (χ1) is 12.0. The number of nitriles is 1. The molecule has 7 nitrogen and oxygen atoms in total. The van der Waals surface area contributed by atoms with Crippen molar-refractivity contribution in [1.29, 1.82) is 5.26 Å². The van der Waals surface area contributed by atoms with Crippen molar-refractivity contribution < 1.29 is 9.72 Å². The minimum Gasteiger partial charge on any atom is -0.383 e. The van der Waals surface area contributed by atoms with E-state index in [0.29, 0.717) is 0 Å². The lowest BCUT2D eigenvalue weighted by molar-refractivity contribution is -0.383. The number of nitrogens with zero attached hydrogens (tertiary/aromatic N) is 2. The first kappa shape index (κ1) is 17.7. The van der Waals surface area contributed by atoms with Gasteiger partial charge in [-0.05, 0) is 18.6 Å². The molecule has 2 N–H and O–H groups in total. The minimum absolute atomic E-state index is 0.0368. The summed E-state index contributed by atoms with van der Waals surface area (Å²) in [6.07, 6.45) is 1.31. The van der Waals surface area contributed by atoms with Crippen molar-refractivity contribution in [3.8, 4) is 6.07 Å². The molecule has 0 saturated heterocycles. The summed E-state index contributed by atoms with van der Waals surface area (Å²) in [4.78, 5) is 22.6. The Hall–Kier alpha value is -3.66.